The lowest BCUT2D eigenvalue weighted by molar-refractivity contribution is -0.238. The highest BCUT2D eigenvalue weighted by Gasteiger charge is 2.58. The van der Waals surface area contributed by atoms with Gasteiger partial charge < -0.3 is 19.3 Å². The van der Waals surface area contributed by atoms with Gasteiger partial charge in [-0.25, -0.2) is 0 Å². The molecule has 0 radical (unpaired) electrons. The summed E-state index contributed by atoms with van der Waals surface area (Å²) >= 11 is 0. The van der Waals surface area contributed by atoms with Crippen LogP contribution in [-0.4, -0.2) is 35.5 Å². The van der Waals surface area contributed by atoms with E-state index in [0.29, 0.717) is 0 Å². The Morgan fingerprint density at radius 2 is 1.87 bits per heavy atom. The van der Waals surface area contributed by atoms with Gasteiger partial charge in [-0.1, -0.05) is 13.8 Å². The summed E-state index contributed by atoms with van der Waals surface area (Å²) in [6.45, 7) is 7.85. The first-order chi connectivity index (χ1) is 6.94. The van der Waals surface area contributed by atoms with Gasteiger partial charge in [0.25, 0.3) is 0 Å². The Morgan fingerprint density at radius 1 is 1.20 bits per heavy atom. The van der Waals surface area contributed by atoms with Crippen molar-refractivity contribution in [1.29, 1.82) is 0 Å². The fraction of sp³-hybridized carbons (Fsp3) is 1.00. The van der Waals surface area contributed by atoms with Crippen molar-refractivity contribution in [2.45, 2.75) is 57.9 Å². The van der Waals surface area contributed by atoms with Crippen LogP contribution in [0.1, 0.15) is 34.1 Å². The summed E-state index contributed by atoms with van der Waals surface area (Å²) in [5.74, 6) is -0.418. The summed E-state index contributed by atoms with van der Waals surface area (Å²) in [5, 5.41) is 9.44. The molecule has 0 saturated carbocycles. The second-order valence-corrected chi connectivity index (χ2v) is 4.95. The van der Waals surface area contributed by atoms with E-state index in [9.17, 15) is 5.11 Å². The van der Waals surface area contributed by atoms with Crippen molar-refractivity contribution < 1.29 is 19.3 Å². The molecule has 0 aliphatic carbocycles. The standard InChI is InChI=1S/C11H20O4/c1-5-11(6-12)7(2)8-9(15-11)14-10(3,4)13-8/h7-9,12H,5-6H2,1-4H3/t7-,8+,9-,11-/m0/s1. The molecule has 2 aliphatic rings. The van der Waals surface area contributed by atoms with Gasteiger partial charge in [-0.05, 0) is 20.3 Å². The number of rotatable bonds is 2. The van der Waals surface area contributed by atoms with Gasteiger partial charge in [-0.2, -0.15) is 0 Å². The number of fused-ring (bicyclic) bond motifs is 1. The molecule has 0 spiro atoms. The molecule has 0 aromatic heterocycles. The molecule has 0 aromatic rings. The average molecular weight is 216 g/mol. The first-order valence-electron chi connectivity index (χ1n) is 5.58. The highest BCUT2D eigenvalue weighted by Crippen LogP contribution is 2.46. The molecule has 2 fully saturated rings. The van der Waals surface area contributed by atoms with Crippen LogP contribution in [0.25, 0.3) is 0 Å². The van der Waals surface area contributed by atoms with Crippen molar-refractivity contribution in [2.75, 3.05) is 6.61 Å². The maximum atomic E-state index is 9.44. The van der Waals surface area contributed by atoms with Gasteiger partial charge in [0.2, 0.25) is 0 Å². The molecule has 0 unspecified atom stereocenters. The monoisotopic (exact) mass is 216 g/mol. The Labute approximate surface area is 90.5 Å². The van der Waals surface area contributed by atoms with E-state index in [1.807, 2.05) is 20.8 Å². The quantitative estimate of drug-likeness (QED) is 0.755. The highest BCUT2D eigenvalue weighted by atomic mass is 16.8. The molecule has 2 rings (SSSR count). The van der Waals surface area contributed by atoms with Crippen LogP contribution in [0, 0.1) is 5.92 Å². The van der Waals surface area contributed by atoms with Crippen LogP contribution in [0.3, 0.4) is 0 Å². The Bertz CT molecular complexity index is 247. The molecule has 0 amide bonds. The van der Waals surface area contributed by atoms with E-state index in [0.717, 1.165) is 6.42 Å². The third kappa shape index (κ3) is 1.60. The van der Waals surface area contributed by atoms with E-state index in [1.165, 1.54) is 0 Å². The molecule has 2 saturated heterocycles. The molecule has 4 atom stereocenters. The third-order valence-electron chi connectivity index (χ3n) is 3.63. The van der Waals surface area contributed by atoms with Crippen molar-refractivity contribution in [3.63, 3.8) is 0 Å². The fourth-order valence-electron chi connectivity index (χ4n) is 2.52. The average Bonchev–Trinajstić information content (AvgIpc) is 2.59. The Balaban J connectivity index is 2.17. The molecule has 2 aliphatic heterocycles. The lowest BCUT2D eigenvalue weighted by Crippen LogP contribution is -2.42. The van der Waals surface area contributed by atoms with Crippen LogP contribution in [0.2, 0.25) is 0 Å². The number of hydrogen-bond donors (Lipinski definition) is 1. The molecule has 88 valence electrons. The SMILES string of the molecule is CC[C@@]1(CO)O[C@@H]2OC(C)(C)O[C@@H]2[C@@H]1C. The normalized spacial score (nSPS) is 48.2. The second-order valence-electron chi connectivity index (χ2n) is 4.95. The predicted molar refractivity (Wildman–Crippen MR) is 54.2 cm³/mol. The lowest BCUT2D eigenvalue weighted by atomic mass is 9.86. The highest BCUT2D eigenvalue weighted by molar-refractivity contribution is 4.99. The largest absolute Gasteiger partial charge is 0.393 e. The maximum absolute atomic E-state index is 9.44. The summed E-state index contributed by atoms with van der Waals surface area (Å²) in [6, 6.07) is 0. The van der Waals surface area contributed by atoms with Crippen LogP contribution in [-0.2, 0) is 14.2 Å². The number of hydrogen-bond acceptors (Lipinski definition) is 4. The summed E-state index contributed by atoms with van der Waals surface area (Å²) in [6.07, 6.45) is 0.374. The van der Waals surface area contributed by atoms with Crippen molar-refractivity contribution >= 4 is 0 Å². The van der Waals surface area contributed by atoms with E-state index in [4.69, 9.17) is 14.2 Å². The van der Waals surface area contributed by atoms with Gasteiger partial charge in [-0.15, -0.1) is 0 Å². The zero-order valence-electron chi connectivity index (χ0n) is 9.82. The first-order valence-corrected chi connectivity index (χ1v) is 5.58. The maximum Gasteiger partial charge on any atom is 0.188 e. The molecule has 4 nitrogen and oxygen atoms in total. The topological polar surface area (TPSA) is 47.9 Å². The molecule has 0 bridgehead atoms. The molecule has 0 aromatic carbocycles. The Kier molecular flexibility index (Phi) is 2.58. The molecular formula is C11H20O4. The van der Waals surface area contributed by atoms with E-state index >= 15 is 0 Å². The second kappa shape index (κ2) is 3.42. The smallest absolute Gasteiger partial charge is 0.188 e. The minimum Gasteiger partial charge on any atom is -0.393 e. The first kappa shape index (κ1) is 11.3. The molecular weight excluding hydrogens is 196 g/mol. The van der Waals surface area contributed by atoms with E-state index < -0.39 is 11.4 Å². The summed E-state index contributed by atoms with van der Waals surface area (Å²) < 4.78 is 17.3. The molecule has 2 heterocycles. The van der Waals surface area contributed by atoms with Crippen LogP contribution in [0.15, 0.2) is 0 Å². The van der Waals surface area contributed by atoms with Crippen molar-refractivity contribution in [2.24, 2.45) is 5.92 Å². The Morgan fingerprint density at radius 3 is 2.33 bits per heavy atom. The van der Waals surface area contributed by atoms with E-state index in [-0.39, 0.29) is 24.9 Å². The van der Waals surface area contributed by atoms with Gasteiger partial charge in [-0.3, -0.25) is 0 Å². The third-order valence-corrected chi connectivity index (χ3v) is 3.63. The fourth-order valence-corrected chi connectivity index (χ4v) is 2.52. The van der Waals surface area contributed by atoms with Crippen molar-refractivity contribution in [3.05, 3.63) is 0 Å². The Hall–Kier alpha value is -0.160. The van der Waals surface area contributed by atoms with Gasteiger partial charge in [0.15, 0.2) is 12.1 Å². The predicted octanol–water partition coefficient (Wildman–Crippen LogP) is 1.27. The van der Waals surface area contributed by atoms with Gasteiger partial charge in [0.1, 0.15) is 6.10 Å². The lowest BCUT2D eigenvalue weighted by Gasteiger charge is -2.32. The minimum atomic E-state index is -0.570. The van der Waals surface area contributed by atoms with E-state index in [1.54, 1.807) is 0 Å². The number of ether oxygens (including phenoxy) is 3. The van der Waals surface area contributed by atoms with Crippen LogP contribution >= 0.6 is 0 Å². The molecule has 15 heavy (non-hydrogen) atoms. The van der Waals surface area contributed by atoms with Gasteiger partial charge in [0.05, 0.1) is 12.2 Å². The van der Waals surface area contributed by atoms with Crippen LogP contribution in [0.5, 0.6) is 0 Å². The number of aliphatic hydroxyl groups is 1. The van der Waals surface area contributed by atoms with E-state index in [2.05, 4.69) is 6.92 Å². The summed E-state index contributed by atoms with van der Waals surface area (Å²) in [7, 11) is 0. The number of aliphatic hydroxyl groups excluding tert-OH is 1. The van der Waals surface area contributed by atoms with Crippen LogP contribution in [0.4, 0.5) is 0 Å². The van der Waals surface area contributed by atoms with Crippen LogP contribution < -0.4 is 0 Å². The zero-order valence-corrected chi connectivity index (χ0v) is 9.82. The van der Waals surface area contributed by atoms with Crippen molar-refractivity contribution in [1.82, 2.24) is 0 Å². The summed E-state index contributed by atoms with van der Waals surface area (Å²) in [4.78, 5) is 0. The molecule has 1 N–H and O–H groups in total. The zero-order chi connectivity index (χ0) is 11.3. The summed E-state index contributed by atoms with van der Waals surface area (Å²) in [5.41, 5.74) is -0.494. The minimum absolute atomic E-state index is 0.0187. The molecule has 4 heteroatoms. The van der Waals surface area contributed by atoms with Gasteiger partial charge in [0, 0.05) is 5.92 Å². The van der Waals surface area contributed by atoms with Crippen molar-refractivity contribution in [3.8, 4) is 0 Å². The van der Waals surface area contributed by atoms with Gasteiger partial charge >= 0.3 is 0 Å².